The Morgan fingerprint density at radius 1 is 1.30 bits per heavy atom. The molecule has 3 N–H and O–H groups in total. The van der Waals surface area contributed by atoms with Crippen LogP contribution in [0.4, 0.5) is 0 Å². The molecule has 154 valence electrons. The van der Waals surface area contributed by atoms with Crippen molar-refractivity contribution in [2.24, 2.45) is 0 Å². The van der Waals surface area contributed by atoms with Gasteiger partial charge in [-0.1, -0.05) is 6.07 Å². The van der Waals surface area contributed by atoms with Gasteiger partial charge < -0.3 is 20.1 Å². The molecule has 3 aromatic rings. The maximum absolute atomic E-state index is 12.3. The summed E-state index contributed by atoms with van der Waals surface area (Å²) in [6.07, 6.45) is 2.08. The number of aromatic hydroxyl groups is 1. The quantitative estimate of drug-likeness (QED) is 0.543. The van der Waals surface area contributed by atoms with E-state index in [1.54, 1.807) is 18.2 Å². The Balaban J connectivity index is 1.58. The molecule has 2 aromatic heterocycles. The summed E-state index contributed by atoms with van der Waals surface area (Å²) in [5.74, 6) is -0.243. The van der Waals surface area contributed by atoms with Crippen LogP contribution >= 0.6 is 0 Å². The molecule has 1 aliphatic rings. The van der Waals surface area contributed by atoms with Crippen molar-refractivity contribution in [1.29, 1.82) is 5.26 Å². The smallest absolute Gasteiger partial charge is 0.251 e. The van der Waals surface area contributed by atoms with E-state index in [2.05, 4.69) is 20.2 Å². The number of ether oxygens (including phenoxy) is 1. The molecule has 1 aromatic carbocycles. The number of nitrogens with one attached hydrogen (secondary N) is 2. The molecule has 8 heteroatoms. The van der Waals surface area contributed by atoms with Crippen molar-refractivity contribution in [3.8, 4) is 23.2 Å². The third-order valence-electron chi connectivity index (χ3n) is 5.15. The van der Waals surface area contributed by atoms with E-state index in [1.165, 1.54) is 0 Å². The van der Waals surface area contributed by atoms with Gasteiger partial charge in [0.2, 0.25) is 0 Å². The topological polar surface area (TPSA) is 114 Å². The second kappa shape index (κ2) is 8.95. The van der Waals surface area contributed by atoms with Crippen LogP contribution in [0.5, 0.6) is 5.88 Å². The van der Waals surface area contributed by atoms with Gasteiger partial charge in [-0.15, -0.1) is 0 Å². The van der Waals surface area contributed by atoms with Crippen LogP contribution in [0.15, 0.2) is 36.5 Å². The fraction of sp³-hybridized carbons (Fsp3) is 0.318. The van der Waals surface area contributed by atoms with Crippen molar-refractivity contribution in [1.82, 2.24) is 20.2 Å². The van der Waals surface area contributed by atoms with Gasteiger partial charge in [-0.2, -0.15) is 5.26 Å². The third-order valence-corrected chi connectivity index (χ3v) is 5.15. The maximum atomic E-state index is 12.3. The number of H-pyrrole nitrogens is 1. The summed E-state index contributed by atoms with van der Waals surface area (Å²) < 4.78 is 5.38. The standard InChI is InChI=1S/C22H23N5O3/c23-6-1-7-24-21(28)16-3-5-18-17(12-16)20(22(29)26-18)19-4-2-15(13-25-19)14-27-8-10-30-11-9-27/h2-5,12-13,26,29H,1,7-11,14H2,(H,24,28). The Hall–Kier alpha value is -3.41. The number of fused-ring (bicyclic) bond motifs is 1. The van der Waals surface area contributed by atoms with Crippen molar-refractivity contribution in [2.45, 2.75) is 13.0 Å². The SMILES string of the molecule is N#CCCNC(=O)c1ccc2[nH]c(O)c(-c3ccc(CN4CCOCC4)cn3)c2c1. The van der Waals surface area contributed by atoms with E-state index < -0.39 is 0 Å². The Kier molecular flexibility index (Phi) is 5.93. The van der Waals surface area contributed by atoms with Crippen LogP contribution in [0.3, 0.4) is 0 Å². The van der Waals surface area contributed by atoms with E-state index in [4.69, 9.17) is 10.00 Å². The Morgan fingerprint density at radius 2 is 2.13 bits per heavy atom. The van der Waals surface area contributed by atoms with Crippen LogP contribution in [0.1, 0.15) is 22.3 Å². The average Bonchev–Trinajstić information content (AvgIpc) is 3.10. The van der Waals surface area contributed by atoms with Gasteiger partial charge in [0.05, 0.1) is 37.0 Å². The summed E-state index contributed by atoms with van der Waals surface area (Å²) in [6.45, 7) is 4.42. The normalized spacial score (nSPS) is 14.5. The molecule has 0 atom stereocenters. The number of carbonyl (C=O) groups is 1. The lowest BCUT2D eigenvalue weighted by molar-refractivity contribution is 0.0341. The first kappa shape index (κ1) is 19.9. The minimum Gasteiger partial charge on any atom is -0.494 e. The molecule has 1 amide bonds. The molecule has 8 nitrogen and oxygen atoms in total. The fourth-order valence-corrected chi connectivity index (χ4v) is 3.60. The number of nitrogens with zero attached hydrogens (tertiary/aromatic N) is 3. The van der Waals surface area contributed by atoms with E-state index >= 15 is 0 Å². The van der Waals surface area contributed by atoms with E-state index in [-0.39, 0.29) is 18.2 Å². The molecule has 1 saturated heterocycles. The molecule has 30 heavy (non-hydrogen) atoms. The van der Waals surface area contributed by atoms with Crippen LogP contribution in [0, 0.1) is 11.3 Å². The molecule has 0 saturated carbocycles. The predicted molar refractivity (Wildman–Crippen MR) is 112 cm³/mol. The van der Waals surface area contributed by atoms with E-state index in [9.17, 15) is 9.90 Å². The van der Waals surface area contributed by atoms with Gasteiger partial charge in [-0.3, -0.25) is 14.7 Å². The molecule has 4 rings (SSSR count). The summed E-state index contributed by atoms with van der Waals surface area (Å²) >= 11 is 0. The van der Waals surface area contributed by atoms with Crippen LogP contribution in [-0.4, -0.2) is 58.7 Å². The molecule has 3 heterocycles. The summed E-state index contributed by atoms with van der Waals surface area (Å²) in [5.41, 5.74) is 3.47. The van der Waals surface area contributed by atoms with Gasteiger partial charge in [0, 0.05) is 48.8 Å². The predicted octanol–water partition coefficient (Wildman–Crippen LogP) is 2.41. The van der Waals surface area contributed by atoms with Crippen LogP contribution in [0.2, 0.25) is 0 Å². The summed E-state index contributed by atoms with van der Waals surface area (Å²) in [6, 6.07) is 11.1. The Labute approximate surface area is 174 Å². The van der Waals surface area contributed by atoms with Gasteiger partial charge in [-0.25, -0.2) is 0 Å². The second-order valence-electron chi connectivity index (χ2n) is 7.21. The molecule has 1 fully saturated rings. The van der Waals surface area contributed by atoms with Crippen molar-refractivity contribution in [3.63, 3.8) is 0 Å². The Bertz CT molecular complexity index is 1080. The largest absolute Gasteiger partial charge is 0.494 e. The van der Waals surface area contributed by atoms with Gasteiger partial charge in [-0.05, 0) is 29.8 Å². The van der Waals surface area contributed by atoms with E-state index in [1.807, 2.05) is 24.4 Å². The number of aromatic amines is 1. The van der Waals surface area contributed by atoms with Crippen molar-refractivity contribution in [3.05, 3.63) is 47.7 Å². The molecular formula is C22H23N5O3. The number of hydrogen-bond acceptors (Lipinski definition) is 6. The number of carbonyl (C=O) groups excluding carboxylic acids is 1. The first-order valence-corrected chi connectivity index (χ1v) is 9.91. The van der Waals surface area contributed by atoms with E-state index in [0.717, 1.165) is 43.9 Å². The Morgan fingerprint density at radius 3 is 2.87 bits per heavy atom. The zero-order chi connectivity index (χ0) is 20.9. The van der Waals surface area contributed by atoms with Crippen LogP contribution < -0.4 is 5.32 Å². The summed E-state index contributed by atoms with van der Waals surface area (Å²) in [7, 11) is 0. The molecule has 1 aliphatic heterocycles. The van der Waals surface area contributed by atoms with Gasteiger partial charge >= 0.3 is 0 Å². The van der Waals surface area contributed by atoms with Gasteiger partial charge in [0.15, 0.2) is 5.88 Å². The highest BCUT2D eigenvalue weighted by Gasteiger charge is 2.17. The highest BCUT2D eigenvalue weighted by atomic mass is 16.5. The number of benzene rings is 1. The number of pyridine rings is 1. The minimum atomic E-state index is -0.257. The van der Waals surface area contributed by atoms with Crippen molar-refractivity contribution in [2.75, 3.05) is 32.8 Å². The zero-order valence-corrected chi connectivity index (χ0v) is 16.5. The molecule has 0 aliphatic carbocycles. The van der Waals surface area contributed by atoms with Gasteiger partial charge in [0.1, 0.15) is 0 Å². The highest BCUT2D eigenvalue weighted by Crippen LogP contribution is 2.36. The van der Waals surface area contributed by atoms with Crippen LogP contribution in [0.25, 0.3) is 22.2 Å². The summed E-state index contributed by atoms with van der Waals surface area (Å²) in [4.78, 5) is 22.2. The van der Waals surface area contributed by atoms with Crippen molar-refractivity contribution < 1.29 is 14.6 Å². The van der Waals surface area contributed by atoms with E-state index in [0.29, 0.717) is 28.8 Å². The third kappa shape index (κ3) is 4.27. The monoisotopic (exact) mass is 405 g/mol. The number of nitriles is 1. The number of morpholine rings is 1. The molecule has 0 bridgehead atoms. The molecule has 0 radical (unpaired) electrons. The minimum absolute atomic E-state index is 0.0143. The highest BCUT2D eigenvalue weighted by molar-refractivity contribution is 6.03. The first-order valence-electron chi connectivity index (χ1n) is 9.91. The van der Waals surface area contributed by atoms with Crippen LogP contribution in [-0.2, 0) is 11.3 Å². The number of aromatic nitrogens is 2. The number of hydrogen-bond donors (Lipinski definition) is 3. The van der Waals surface area contributed by atoms with Crippen molar-refractivity contribution >= 4 is 16.8 Å². The lowest BCUT2D eigenvalue weighted by Gasteiger charge is -2.26. The zero-order valence-electron chi connectivity index (χ0n) is 16.5. The maximum Gasteiger partial charge on any atom is 0.251 e. The number of rotatable bonds is 6. The fourth-order valence-electron chi connectivity index (χ4n) is 3.60. The molecular weight excluding hydrogens is 382 g/mol. The summed E-state index contributed by atoms with van der Waals surface area (Å²) in [5, 5.41) is 22.5. The average molecular weight is 405 g/mol. The molecule has 0 unspecified atom stereocenters. The number of amides is 1. The molecule has 0 spiro atoms. The lowest BCUT2D eigenvalue weighted by atomic mass is 10.1. The lowest BCUT2D eigenvalue weighted by Crippen LogP contribution is -2.35. The second-order valence-corrected chi connectivity index (χ2v) is 7.21. The van der Waals surface area contributed by atoms with Gasteiger partial charge in [0.25, 0.3) is 5.91 Å². The first-order chi connectivity index (χ1) is 14.7.